The van der Waals surface area contributed by atoms with Crippen LogP contribution in [0.3, 0.4) is 0 Å². The van der Waals surface area contributed by atoms with E-state index in [1.807, 2.05) is 50.2 Å². The van der Waals surface area contributed by atoms with E-state index in [1.165, 1.54) is 22.3 Å². The topological polar surface area (TPSA) is 51.2 Å². The molecule has 0 saturated heterocycles. The highest BCUT2D eigenvalue weighted by Crippen LogP contribution is 2.44. The SMILES string of the molecule is Cc1ccc(C#CCCNC(=O)OCC2c3ccccc3-c3ccccc32)c(C)n1. The van der Waals surface area contributed by atoms with Gasteiger partial charge >= 0.3 is 6.09 Å². The van der Waals surface area contributed by atoms with Crippen molar-refractivity contribution in [2.24, 2.45) is 0 Å². The highest BCUT2D eigenvalue weighted by atomic mass is 16.5. The summed E-state index contributed by atoms with van der Waals surface area (Å²) in [7, 11) is 0. The van der Waals surface area contributed by atoms with Crippen LogP contribution in [0.2, 0.25) is 0 Å². The second-order valence-electron chi connectivity index (χ2n) is 7.39. The van der Waals surface area contributed by atoms with E-state index >= 15 is 0 Å². The normalized spacial score (nSPS) is 11.8. The zero-order chi connectivity index (χ0) is 20.9. The Morgan fingerprint density at radius 1 is 1.00 bits per heavy atom. The molecule has 4 rings (SSSR count). The van der Waals surface area contributed by atoms with Crippen molar-refractivity contribution in [2.45, 2.75) is 26.2 Å². The molecule has 1 aromatic heterocycles. The van der Waals surface area contributed by atoms with E-state index in [4.69, 9.17) is 4.74 Å². The number of ether oxygens (including phenoxy) is 1. The number of hydrogen-bond acceptors (Lipinski definition) is 3. The van der Waals surface area contributed by atoms with Crippen LogP contribution in [0.4, 0.5) is 4.79 Å². The first-order valence-electron chi connectivity index (χ1n) is 10.2. The molecule has 1 N–H and O–H groups in total. The summed E-state index contributed by atoms with van der Waals surface area (Å²) in [5, 5.41) is 2.79. The molecular weight excluding hydrogens is 372 g/mol. The van der Waals surface area contributed by atoms with Crippen molar-refractivity contribution >= 4 is 6.09 Å². The summed E-state index contributed by atoms with van der Waals surface area (Å²) in [4.78, 5) is 16.6. The van der Waals surface area contributed by atoms with Crippen LogP contribution >= 0.6 is 0 Å². The number of carbonyl (C=O) groups excluding carboxylic acids is 1. The predicted molar refractivity (Wildman–Crippen MR) is 118 cm³/mol. The molecule has 1 aliphatic rings. The number of aryl methyl sites for hydroxylation is 2. The minimum absolute atomic E-state index is 0.0694. The first-order valence-corrected chi connectivity index (χ1v) is 10.2. The number of amides is 1. The Kier molecular flexibility index (Phi) is 5.81. The molecule has 0 bridgehead atoms. The summed E-state index contributed by atoms with van der Waals surface area (Å²) < 4.78 is 5.53. The number of benzene rings is 2. The van der Waals surface area contributed by atoms with Crippen LogP contribution in [0.5, 0.6) is 0 Å². The average molecular weight is 396 g/mol. The van der Waals surface area contributed by atoms with Crippen molar-refractivity contribution in [3.8, 4) is 23.0 Å². The third-order valence-corrected chi connectivity index (χ3v) is 5.31. The second kappa shape index (κ2) is 8.84. The summed E-state index contributed by atoms with van der Waals surface area (Å²) in [6, 6.07) is 20.5. The number of hydrogen-bond donors (Lipinski definition) is 1. The Morgan fingerprint density at radius 2 is 1.67 bits per heavy atom. The number of pyridine rings is 1. The molecule has 4 heteroatoms. The maximum absolute atomic E-state index is 12.2. The van der Waals surface area contributed by atoms with Crippen molar-refractivity contribution in [2.75, 3.05) is 13.2 Å². The summed E-state index contributed by atoms with van der Waals surface area (Å²) in [6.45, 7) is 4.68. The van der Waals surface area contributed by atoms with E-state index in [0.29, 0.717) is 19.6 Å². The van der Waals surface area contributed by atoms with Gasteiger partial charge in [0.25, 0.3) is 0 Å². The van der Waals surface area contributed by atoms with Crippen molar-refractivity contribution in [1.82, 2.24) is 10.3 Å². The van der Waals surface area contributed by atoms with Crippen LogP contribution in [0.1, 0.15) is 40.4 Å². The van der Waals surface area contributed by atoms with Gasteiger partial charge in [-0.15, -0.1) is 0 Å². The van der Waals surface area contributed by atoms with Crippen LogP contribution in [-0.4, -0.2) is 24.2 Å². The van der Waals surface area contributed by atoms with Gasteiger partial charge < -0.3 is 10.1 Å². The molecule has 0 unspecified atom stereocenters. The Bertz CT molecular complexity index is 1100. The molecule has 0 fully saturated rings. The Hall–Kier alpha value is -3.58. The van der Waals surface area contributed by atoms with E-state index in [1.54, 1.807) is 0 Å². The van der Waals surface area contributed by atoms with E-state index in [0.717, 1.165) is 17.0 Å². The molecule has 0 radical (unpaired) electrons. The number of nitrogens with zero attached hydrogens (tertiary/aromatic N) is 1. The maximum Gasteiger partial charge on any atom is 0.407 e. The van der Waals surface area contributed by atoms with Crippen LogP contribution in [0, 0.1) is 25.7 Å². The van der Waals surface area contributed by atoms with Gasteiger partial charge in [-0.2, -0.15) is 0 Å². The van der Waals surface area contributed by atoms with Crippen molar-refractivity contribution in [1.29, 1.82) is 0 Å². The van der Waals surface area contributed by atoms with E-state index in [2.05, 4.69) is 46.4 Å². The molecule has 30 heavy (non-hydrogen) atoms. The van der Waals surface area contributed by atoms with Crippen molar-refractivity contribution < 1.29 is 9.53 Å². The Balaban J connectivity index is 1.29. The number of rotatable bonds is 4. The molecule has 4 nitrogen and oxygen atoms in total. The first-order chi connectivity index (χ1) is 14.6. The van der Waals surface area contributed by atoms with Crippen LogP contribution < -0.4 is 5.32 Å². The molecule has 0 saturated carbocycles. The fraction of sp³-hybridized carbons (Fsp3) is 0.231. The first kappa shape index (κ1) is 19.7. The predicted octanol–water partition coefficient (Wildman–Crippen LogP) is 4.98. The Labute approximate surface area is 177 Å². The number of carbonyl (C=O) groups is 1. The minimum atomic E-state index is -0.410. The minimum Gasteiger partial charge on any atom is -0.449 e. The maximum atomic E-state index is 12.2. The summed E-state index contributed by atoms with van der Waals surface area (Å²) in [6.07, 6.45) is 0.143. The Morgan fingerprint density at radius 3 is 2.33 bits per heavy atom. The van der Waals surface area contributed by atoms with Gasteiger partial charge in [-0.1, -0.05) is 60.4 Å². The molecule has 0 aliphatic heterocycles. The zero-order valence-corrected chi connectivity index (χ0v) is 17.2. The third kappa shape index (κ3) is 4.21. The van der Waals surface area contributed by atoms with E-state index < -0.39 is 6.09 Å². The van der Waals surface area contributed by atoms with Crippen LogP contribution in [0.25, 0.3) is 11.1 Å². The molecule has 1 amide bonds. The summed E-state index contributed by atoms with van der Waals surface area (Å²) >= 11 is 0. The lowest BCUT2D eigenvalue weighted by Crippen LogP contribution is -2.26. The highest BCUT2D eigenvalue weighted by molar-refractivity contribution is 5.79. The van der Waals surface area contributed by atoms with Gasteiger partial charge in [0.2, 0.25) is 0 Å². The molecule has 2 aromatic carbocycles. The lowest BCUT2D eigenvalue weighted by molar-refractivity contribution is 0.143. The quantitative estimate of drug-likeness (QED) is 0.500. The van der Waals surface area contributed by atoms with Crippen molar-refractivity contribution in [3.63, 3.8) is 0 Å². The molecule has 3 aromatic rings. The van der Waals surface area contributed by atoms with Gasteiger partial charge in [0.1, 0.15) is 6.61 Å². The van der Waals surface area contributed by atoms with Gasteiger partial charge in [0, 0.05) is 30.1 Å². The lowest BCUT2D eigenvalue weighted by Gasteiger charge is -2.14. The smallest absolute Gasteiger partial charge is 0.407 e. The molecule has 0 spiro atoms. The molecular formula is C26H24N2O2. The summed E-state index contributed by atoms with van der Waals surface area (Å²) in [5.74, 6) is 6.26. The van der Waals surface area contributed by atoms with E-state index in [-0.39, 0.29) is 5.92 Å². The lowest BCUT2D eigenvalue weighted by atomic mass is 9.98. The monoisotopic (exact) mass is 396 g/mol. The van der Waals surface area contributed by atoms with Crippen LogP contribution in [0.15, 0.2) is 60.7 Å². The second-order valence-corrected chi connectivity index (χ2v) is 7.39. The highest BCUT2D eigenvalue weighted by Gasteiger charge is 2.28. The molecule has 0 atom stereocenters. The van der Waals surface area contributed by atoms with Gasteiger partial charge in [-0.3, -0.25) is 4.98 Å². The fourth-order valence-electron chi connectivity index (χ4n) is 3.85. The van der Waals surface area contributed by atoms with Gasteiger partial charge in [-0.05, 0) is 48.2 Å². The molecule has 150 valence electrons. The number of alkyl carbamates (subject to hydrolysis) is 1. The largest absolute Gasteiger partial charge is 0.449 e. The van der Waals surface area contributed by atoms with Gasteiger partial charge in [-0.25, -0.2) is 4.79 Å². The number of aromatic nitrogens is 1. The standard InChI is InChI=1S/C26H24N2O2/c1-18-14-15-20(19(2)28-18)9-7-8-16-27-26(29)30-17-25-23-12-5-3-10-21(23)22-11-4-6-13-24(22)25/h3-6,10-15,25H,8,16-17H2,1-2H3,(H,27,29). The zero-order valence-electron chi connectivity index (χ0n) is 17.2. The average Bonchev–Trinajstić information content (AvgIpc) is 3.07. The number of fused-ring (bicyclic) bond motifs is 3. The fourth-order valence-corrected chi connectivity index (χ4v) is 3.85. The molecule has 1 heterocycles. The third-order valence-electron chi connectivity index (χ3n) is 5.31. The van der Waals surface area contributed by atoms with Gasteiger partial charge in [0.15, 0.2) is 0 Å². The number of nitrogens with one attached hydrogen (secondary N) is 1. The summed E-state index contributed by atoms with van der Waals surface area (Å²) in [5.41, 5.74) is 7.68. The molecule has 1 aliphatic carbocycles. The van der Waals surface area contributed by atoms with E-state index in [9.17, 15) is 4.79 Å². The van der Waals surface area contributed by atoms with Crippen LogP contribution in [-0.2, 0) is 4.74 Å². The van der Waals surface area contributed by atoms with Crippen molar-refractivity contribution in [3.05, 3.63) is 88.7 Å². The van der Waals surface area contributed by atoms with Gasteiger partial charge in [0.05, 0.1) is 5.69 Å².